The van der Waals surface area contributed by atoms with Gasteiger partial charge in [-0.2, -0.15) is 4.31 Å². The average molecular weight is 481 g/mol. The quantitative estimate of drug-likeness (QED) is 0.337. The van der Waals surface area contributed by atoms with Gasteiger partial charge in [-0.05, 0) is 23.6 Å². The average Bonchev–Trinajstić information content (AvgIpc) is 3.41. The number of benzene rings is 1. The van der Waals surface area contributed by atoms with Crippen LogP contribution in [0.15, 0.2) is 51.8 Å². The molecule has 0 saturated heterocycles. The van der Waals surface area contributed by atoms with E-state index in [4.69, 9.17) is 5.84 Å². The maximum Gasteiger partial charge on any atom is 0.243 e. The number of nitrogens with zero attached hydrogens (tertiary/aromatic N) is 4. The maximum absolute atomic E-state index is 12.8. The fourth-order valence-corrected chi connectivity index (χ4v) is 5.70. The number of carbonyl (C=O) groups is 1. The Balaban J connectivity index is 1.70. The van der Waals surface area contributed by atoms with Gasteiger partial charge in [0.15, 0.2) is 5.82 Å². The lowest BCUT2D eigenvalue weighted by molar-refractivity contribution is -0.118. The van der Waals surface area contributed by atoms with E-state index in [1.807, 2.05) is 17.5 Å². The van der Waals surface area contributed by atoms with Crippen molar-refractivity contribution in [2.75, 3.05) is 24.7 Å². The van der Waals surface area contributed by atoms with Crippen molar-refractivity contribution in [3.05, 3.63) is 46.7 Å². The fourth-order valence-electron chi connectivity index (χ4n) is 2.86. The molecular formula is C19H24N6O3S3. The Morgan fingerprint density at radius 1 is 1.23 bits per heavy atom. The highest BCUT2D eigenvalue weighted by atomic mass is 32.2. The molecule has 0 atom stereocenters. The van der Waals surface area contributed by atoms with Crippen molar-refractivity contribution in [3.63, 3.8) is 0 Å². The number of nitrogens with two attached hydrogens (primary N) is 1. The van der Waals surface area contributed by atoms with Crippen LogP contribution in [-0.2, 0) is 21.4 Å². The molecule has 3 N–H and O–H groups in total. The van der Waals surface area contributed by atoms with E-state index < -0.39 is 10.0 Å². The highest BCUT2D eigenvalue weighted by Gasteiger charge is 2.23. The first-order valence-electron chi connectivity index (χ1n) is 9.59. The summed E-state index contributed by atoms with van der Waals surface area (Å²) in [5, 5.41) is 13.3. The highest BCUT2D eigenvalue weighted by molar-refractivity contribution is 7.99. The van der Waals surface area contributed by atoms with E-state index >= 15 is 0 Å². The van der Waals surface area contributed by atoms with E-state index in [-0.39, 0.29) is 16.6 Å². The second kappa shape index (κ2) is 10.3. The summed E-state index contributed by atoms with van der Waals surface area (Å²) in [6.45, 7) is 4.82. The lowest BCUT2D eigenvalue weighted by Gasteiger charge is -2.18. The van der Waals surface area contributed by atoms with Crippen LogP contribution in [0.2, 0.25) is 0 Å². The number of amides is 1. The van der Waals surface area contributed by atoms with E-state index in [9.17, 15) is 13.2 Å². The molecule has 31 heavy (non-hydrogen) atoms. The topological polar surface area (TPSA) is 123 Å². The van der Waals surface area contributed by atoms with Gasteiger partial charge in [-0.3, -0.25) is 4.79 Å². The van der Waals surface area contributed by atoms with E-state index in [0.29, 0.717) is 36.2 Å². The van der Waals surface area contributed by atoms with E-state index in [1.165, 1.54) is 15.0 Å². The van der Waals surface area contributed by atoms with Crippen molar-refractivity contribution in [2.45, 2.75) is 30.4 Å². The molecular weight excluding hydrogens is 456 g/mol. The normalized spacial score (nSPS) is 11.7. The molecule has 3 rings (SSSR count). The molecule has 0 aliphatic carbocycles. The van der Waals surface area contributed by atoms with Crippen LogP contribution in [0.3, 0.4) is 0 Å². The van der Waals surface area contributed by atoms with Gasteiger partial charge in [-0.25, -0.2) is 13.1 Å². The van der Waals surface area contributed by atoms with Crippen LogP contribution in [0.1, 0.15) is 18.7 Å². The smallest absolute Gasteiger partial charge is 0.243 e. The summed E-state index contributed by atoms with van der Waals surface area (Å²) in [6, 6.07) is 10.3. The van der Waals surface area contributed by atoms with Crippen LogP contribution in [0.4, 0.5) is 0 Å². The highest BCUT2D eigenvalue weighted by Crippen LogP contribution is 2.25. The van der Waals surface area contributed by atoms with Crippen molar-refractivity contribution in [1.82, 2.24) is 24.5 Å². The summed E-state index contributed by atoms with van der Waals surface area (Å²) >= 11 is 2.74. The van der Waals surface area contributed by atoms with Crippen LogP contribution in [-0.4, -0.2) is 52.3 Å². The third kappa shape index (κ3) is 5.45. The van der Waals surface area contributed by atoms with Crippen molar-refractivity contribution in [2.24, 2.45) is 0 Å². The van der Waals surface area contributed by atoms with Gasteiger partial charge >= 0.3 is 0 Å². The predicted molar refractivity (Wildman–Crippen MR) is 123 cm³/mol. The zero-order chi connectivity index (χ0) is 22.4. The summed E-state index contributed by atoms with van der Waals surface area (Å²) in [4.78, 5) is 13.3. The van der Waals surface area contributed by atoms with Crippen molar-refractivity contribution >= 4 is 39.0 Å². The molecule has 166 valence electrons. The van der Waals surface area contributed by atoms with Crippen LogP contribution in [0.25, 0.3) is 11.4 Å². The van der Waals surface area contributed by atoms with Gasteiger partial charge < -0.3 is 11.2 Å². The second-order valence-electron chi connectivity index (χ2n) is 6.44. The largest absolute Gasteiger partial charge is 0.350 e. The van der Waals surface area contributed by atoms with E-state index in [0.717, 1.165) is 16.6 Å². The number of aromatic nitrogens is 3. The Hall–Kier alpha value is -2.41. The zero-order valence-corrected chi connectivity index (χ0v) is 19.6. The Labute approximate surface area is 189 Å². The van der Waals surface area contributed by atoms with Crippen molar-refractivity contribution in [3.8, 4) is 11.4 Å². The van der Waals surface area contributed by atoms with Gasteiger partial charge in [0, 0.05) is 23.5 Å². The molecule has 1 aromatic carbocycles. The Morgan fingerprint density at radius 3 is 2.68 bits per heavy atom. The summed E-state index contributed by atoms with van der Waals surface area (Å²) < 4.78 is 28.2. The lowest BCUT2D eigenvalue weighted by atomic mass is 10.2. The molecule has 0 fully saturated rings. The molecule has 0 aliphatic heterocycles. The molecule has 0 spiro atoms. The van der Waals surface area contributed by atoms with Gasteiger partial charge in [0.25, 0.3) is 0 Å². The number of nitrogens with one attached hydrogen (secondary N) is 1. The first-order valence-corrected chi connectivity index (χ1v) is 12.9. The number of thiophene rings is 1. The minimum absolute atomic E-state index is 0.136. The molecule has 2 aromatic heterocycles. The number of carbonyl (C=O) groups excluding carboxylic acids is 1. The number of thioether (sulfide) groups is 1. The zero-order valence-electron chi connectivity index (χ0n) is 17.2. The van der Waals surface area contributed by atoms with Crippen LogP contribution < -0.4 is 11.2 Å². The summed E-state index contributed by atoms with van der Waals surface area (Å²) in [7, 11) is -3.61. The summed E-state index contributed by atoms with van der Waals surface area (Å²) in [5.41, 5.74) is 0.525. The Kier molecular flexibility index (Phi) is 7.70. The number of hydrogen-bond donors (Lipinski definition) is 2. The summed E-state index contributed by atoms with van der Waals surface area (Å²) in [5.74, 6) is 6.44. The third-order valence-electron chi connectivity index (χ3n) is 4.47. The van der Waals surface area contributed by atoms with Gasteiger partial charge in [0.05, 0.1) is 17.2 Å². The SMILES string of the molecule is CCN(CC)S(=O)(=O)c1cccc(-c2nnc(SCC(=O)NCc3cccs3)n2N)c1. The Morgan fingerprint density at radius 2 is 2.00 bits per heavy atom. The molecule has 0 bridgehead atoms. The molecule has 0 saturated carbocycles. The van der Waals surface area contributed by atoms with Gasteiger partial charge in [-0.15, -0.1) is 21.5 Å². The molecule has 1 amide bonds. The molecule has 0 unspecified atom stereocenters. The van der Waals surface area contributed by atoms with Gasteiger partial charge in [0.2, 0.25) is 21.1 Å². The first kappa shape index (κ1) is 23.3. The standard InChI is InChI=1S/C19H24N6O3S3/c1-3-24(4-2)31(27,28)16-9-5-7-14(11-16)18-22-23-19(25(18)20)30-13-17(26)21-12-15-8-6-10-29-15/h5-11H,3-4,12-13,20H2,1-2H3,(H,21,26). The van der Waals surface area contributed by atoms with Crippen molar-refractivity contribution in [1.29, 1.82) is 0 Å². The van der Waals surface area contributed by atoms with Gasteiger partial charge in [-0.1, -0.05) is 43.8 Å². The molecule has 9 nitrogen and oxygen atoms in total. The molecule has 12 heteroatoms. The van der Waals surface area contributed by atoms with Crippen LogP contribution in [0.5, 0.6) is 0 Å². The van der Waals surface area contributed by atoms with E-state index in [1.54, 1.807) is 43.4 Å². The number of hydrogen-bond acceptors (Lipinski definition) is 8. The van der Waals surface area contributed by atoms with Gasteiger partial charge in [0.1, 0.15) is 0 Å². The Bertz CT molecular complexity index is 1120. The van der Waals surface area contributed by atoms with Crippen LogP contribution in [0, 0.1) is 0 Å². The maximum atomic E-state index is 12.8. The second-order valence-corrected chi connectivity index (χ2v) is 10.4. The van der Waals surface area contributed by atoms with E-state index in [2.05, 4.69) is 15.5 Å². The fraction of sp³-hybridized carbons (Fsp3) is 0.316. The minimum atomic E-state index is -3.61. The summed E-state index contributed by atoms with van der Waals surface area (Å²) in [6.07, 6.45) is 0. The number of sulfonamides is 1. The monoisotopic (exact) mass is 480 g/mol. The first-order chi connectivity index (χ1) is 14.9. The molecule has 0 aliphatic rings. The number of rotatable bonds is 10. The van der Waals surface area contributed by atoms with Crippen molar-refractivity contribution < 1.29 is 13.2 Å². The minimum Gasteiger partial charge on any atom is -0.350 e. The molecule has 3 aromatic rings. The molecule has 2 heterocycles. The van der Waals surface area contributed by atoms with Crippen LogP contribution >= 0.6 is 23.1 Å². The molecule has 0 radical (unpaired) electrons. The third-order valence-corrected chi connectivity index (χ3v) is 8.34. The predicted octanol–water partition coefficient (Wildman–Crippen LogP) is 2.16. The lowest BCUT2D eigenvalue weighted by Crippen LogP contribution is -2.30. The number of nitrogen functional groups attached to an aromatic ring is 1.